The van der Waals surface area contributed by atoms with Crippen molar-refractivity contribution in [3.63, 3.8) is 0 Å². The molecule has 2 N–H and O–H groups in total. The molecule has 4 aromatic rings. The number of benzene rings is 2. The third kappa shape index (κ3) is 14.4. The normalized spacial score (nSPS) is 20.8. The Labute approximate surface area is 501 Å². The number of nitrogens with one attached hydrogen (secondary N) is 2. The number of hydrogen-bond acceptors (Lipinski definition) is 10. The second kappa shape index (κ2) is 28.1. The standard InChI is InChI=1S/C58H75FN8O7.5H2S/c1-12-65-47-18-17-40-31-43(47)44(51(65)42-15-13-23-60-49(42)37(4)73-11)32-56(5,6)35-74-54(71)45-16-14-24-67(62-45)53(70)46(30-38-27-39(33-59)29-41(40)28-38)61-52(69)50(36(2)3)66-26-22-58(55(66)72)21-25-64(34-58)48(68)19-20-57(7,8)63(9)10;;;;;/h13,15,17-18,23,27-29,31,36-37,45-46,50,62H,12,14,16,21-22,24-26,30,32-35H2,1-11H3,(H,61,69);5*1H2/t37-,45-,46-,50-,58-;;;;;/m0...../s1. The van der Waals surface area contributed by atoms with Crippen LogP contribution in [0.25, 0.3) is 33.3 Å². The molecule has 6 heterocycles. The van der Waals surface area contributed by atoms with Crippen LogP contribution in [0.2, 0.25) is 0 Å². The lowest BCUT2D eigenvalue weighted by Gasteiger charge is -2.37. The molecule has 5 atom stereocenters. The molecule has 79 heavy (non-hydrogen) atoms. The van der Waals surface area contributed by atoms with Crippen molar-refractivity contribution in [3.8, 4) is 34.2 Å². The number of pyridine rings is 1. The number of carbonyl (C=O) groups is 5. The van der Waals surface area contributed by atoms with Crippen molar-refractivity contribution in [2.24, 2.45) is 16.7 Å². The molecule has 3 fully saturated rings. The largest absolute Gasteiger partial charge is 0.464 e. The number of cyclic esters (lactones) is 1. The quantitative estimate of drug-likeness (QED) is 0.120. The van der Waals surface area contributed by atoms with E-state index in [0.717, 1.165) is 44.5 Å². The second-order valence-electron chi connectivity index (χ2n) is 22.7. The molecule has 2 aromatic carbocycles. The molecule has 2 aromatic heterocycles. The summed E-state index contributed by atoms with van der Waals surface area (Å²) < 4.78 is 29.3. The smallest absolute Gasteiger partial charge is 0.324 e. The maximum atomic E-state index is 15.1. The number of amides is 4. The summed E-state index contributed by atoms with van der Waals surface area (Å²) in [6, 6.07) is 12.8. The maximum absolute atomic E-state index is 15.1. The molecule has 0 aliphatic carbocycles. The van der Waals surface area contributed by atoms with Crippen LogP contribution in [-0.4, -0.2) is 137 Å². The number of alkyl halides is 1. The predicted molar refractivity (Wildman–Crippen MR) is 334 cm³/mol. The number of halogens is 1. The predicted octanol–water partition coefficient (Wildman–Crippen LogP) is 7.60. The van der Waals surface area contributed by atoms with Gasteiger partial charge in [-0.3, -0.25) is 38.9 Å². The zero-order valence-corrected chi connectivity index (χ0v) is 52.7. The first-order valence-corrected chi connectivity index (χ1v) is 26.3. The van der Waals surface area contributed by atoms with Crippen LogP contribution in [0.15, 0.2) is 54.7 Å². The molecule has 4 aliphatic heterocycles. The molecule has 4 aliphatic rings. The van der Waals surface area contributed by atoms with Crippen molar-refractivity contribution in [1.29, 1.82) is 0 Å². The topological polar surface area (TPSA) is 159 Å². The molecule has 436 valence electrons. The van der Waals surface area contributed by atoms with Gasteiger partial charge in [0.15, 0.2) is 0 Å². The van der Waals surface area contributed by atoms with E-state index < -0.39 is 59.0 Å². The number of esters is 1. The molecule has 0 saturated carbocycles. The Kier molecular flexibility index (Phi) is 24.5. The van der Waals surface area contributed by atoms with Gasteiger partial charge in [0.05, 0.1) is 35.1 Å². The number of rotatable bonds is 10. The summed E-state index contributed by atoms with van der Waals surface area (Å²) in [4.78, 5) is 81.9. The summed E-state index contributed by atoms with van der Waals surface area (Å²) in [5.41, 5.74) is 8.61. The second-order valence-corrected chi connectivity index (χ2v) is 22.7. The van der Waals surface area contributed by atoms with Crippen LogP contribution < -0.4 is 10.7 Å². The molecule has 8 rings (SSSR count). The van der Waals surface area contributed by atoms with Crippen molar-refractivity contribution < 1.29 is 37.8 Å². The monoisotopic (exact) mass is 1180 g/mol. The van der Waals surface area contributed by atoms with Crippen LogP contribution in [0.4, 0.5) is 4.39 Å². The molecular weight excluding hydrogens is 1100 g/mol. The van der Waals surface area contributed by atoms with Crippen LogP contribution in [0.1, 0.15) is 110 Å². The number of ether oxygens (including phenoxy) is 2. The Hall–Kier alpha value is -4.40. The highest BCUT2D eigenvalue weighted by Gasteiger charge is 2.54. The van der Waals surface area contributed by atoms with E-state index in [1.54, 1.807) is 29.2 Å². The van der Waals surface area contributed by atoms with E-state index in [2.05, 4.69) is 66.1 Å². The van der Waals surface area contributed by atoms with Gasteiger partial charge in [0.1, 0.15) is 24.8 Å². The summed E-state index contributed by atoms with van der Waals surface area (Å²) in [5.74, 6) is 3.51. The lowest BCUT2D eigenvalue weighted by molar-refractivity contribution is -0.155. The Morgan fingerprint density at radius 3 is 2.35 bits per heavy atom. The van der Waals surface area contributed by atoms with Crippen LogP contribution in [-0.2, 0) is 59.5 Å². The number of fused-ring (bicyclic) bond motifs is 6. The van der Waals surface area contributed by atoms with E-state index in [0.29, 0.717) is 62.9 Å². The maximum Gasteiger partial charge on any atom is 0.324 e. The summed E-state index contributed by atoms with van der Waals surface area (Å²) in [6.07, 6.45) is 3.84. The molecule has 1 spiro atoms. The van der Waals surface area contributed by atoms with Gasteiger partial charge in [-0.2, -0.15) is 67.5 Å². The molecule has 6 bridgehead atoms. The summed E-state index contributed by atoms with van der Waals surface area (Å²) in [6.45, 7) is 17.0. The highest BCUT2D eigenvalue weighted by Crippen LogP contribution is 2.44. The number of carbonyl (C=O) groups excluding carboxylic acids is 5. The van der Waals surface area contributed by atoms with Gasteiger partial charge in [-0.1, -0.05) is 51.8 Å². The first-order chi connectivity index (χ1) is 35.1. The fraction of sp³-hybridized carbons (Fsp3) is 0.552. The van der Waals surface area contributed by atoms with Gasteiger partial charge < -0.3 is 29.2 Å². The minimum absolute atomic E-state index is 0. The first-order valence-electron chi connectivity index (χ1n) is 26.3. The number of methoxy groups -OCH3 is 1. The number of aromatic nitrogens is 2. The van der Waals surface area contributed by atoms with Gasteiger partial charge in [-0.15, -0.1) is 0 Å². The van der Waals surface area contributed by atoms with Crippen molar-refractivity contribution in [3.05, 3.63) is 77.1 Å². The minimum Gasteiger partial charge on any atom is -0.464 e. The molecule has 0 unspecified atom stereocenters. The van der Waals surface area contributed by atoms with Crippen molar-refractivity contribution in [1.82, 2.24) is 40.0 Å². The third-order valence-corrected chi connectivity index (χ3v) is 15.9. The van der Waals surface area contributed by atoms with E-state index in [1.807, 2.05) is 77.9 Å². The number of nitrogens with zero attached hydrogens (tertiary/aromatic N) is 6. The molecule has 3 saturated heterocycles. The Morgan fingerprint density at radius 2 is 1.70 bits per heavy atom. The Balaban J connectivity index is 0.00000328. The lowest BCUT2D eigenvalue weighted by Crippen LogP contribution is -2.62. The van der Waals surface area contributed by atoms with E-state index in [1.165, 1.54) is 5.01 Å². The van der Waals surface area contributed by atoms with Crippen molar-refractivity contribution in [2.45, 2.75) is 137 Å². The zero-order chi connectivity index (χ0) is 53.4. The van der Waals surface area contributed by atoms with Crippen molar-refractivity contribution in [2.75, 3.05) is 54.0 Å². The SMILES string of the molecule is CCn1c(-c2cccnc2[C@H](C)OC)c2c3cc(ccc31)-c1cc(CF)cc(c1)C[C@H](NC(=O)[C@H](C(C)C)N1CC[C@]3(CCN(C(=O)C#CC(C)(C)N(C)C)C3)C1=O)C(=O)N1CCC[C@H](N1)C(=O)OCC(C)(C)C2.S.S.S.S.S. The fourth-order valence-corrected chi connectivity index (χ4v) is 11.2. The van der Waals surface area contributed by atoms with Gasteiger partial charge >= 0.3 is 5.97 Å². The first kappa shape index (κ1) is 68.9. The molecule has 0 radical (unpaired) electrons. The van der Waals surface area contributed by atoms with Gasteiger partial charge in [0.25, 0.3) is 11.8 Å². The highest BCUT2D eigenvalue weighted by molar-refractivity contribution is 7.60. The molecule has 15 nitrogen and oxygen atoms in total. The van der Waals surface area contributed by atoms with Gasteiger partial charge in [0.2, 0.25) is 11.8 Å². The Bertz CT molecular complexity index is 2910. The van der Waals surface area contributed by atoms with E-state index in [4.69, 9.17) is 14.5 Å². The van der Waals surface area contributed by atoms with Gasteiger partial charge in [0, 0.05) is 74.3 Å². The molecular formula is C58H85FN8O7S5. The lowest BCUT2D eigenvalue weighted by atomic mass is 9.84. The minimum atomic E-state index is -1.18. The Morgan fingerprint density at radius 1 is 0.987 bits per heavy atom. The van der Waals surface area contributed by atoms with Crippen LogP contribution in [0, 0.1) is 28.6 Å². The number of hydrazine groups is 1. The van der Waals surface area contributed by atoms with Crippen molar-refractivity contribution >= 4 is 108 Å². The molecule has 4 amide bonds. The van der Waals surface area contributed by atoms with Crippen LogP contribution in [0.5, 0.6) is 0 Å². The van der Waals surface area contributed by atoms with Crippen LogP contribution in [0.3, 0.4) is 0 Å². The zero-order valence-electron chi connectivity index (χ0n) is 47.7. The fourth-order valence-electron chi connectivity index (χ4n) is 11.2. The summed E-state index contributed by atoms with van der Waals surface area (Å²) in [7, 11) is 5.47. The number of aryl methyl sites for hydroxylation is 1. The number of hydrogen-bond donors (Lipinski definition) is 2. The van der Waals surface area contributed by atoms with Gasteiger partial charge in [-0.25, -0.2) is 9.82 Å². The summed E-state index contributed by atoms with van der Waals surface area (Å²) >= 11 is 0. The average molecular weight is 1190 g/mol. The van der Waals surface area contributed by atoms with E-state index in [-0.39, 0.29) is 117 Å². The van der Waals surface area contributed by atoms with E-state index in [9.17, 15) is 24.0 Å². The van der Waals surface area contributed by atoms with Crippen LogP contribution >= 0.6 is 67.5 Å². The average Bonchev–Trinajstić information content (AvgIpc) is 4.09. The summed E-state index contributed by atoms with van der Waals surface area (Å²) in [5, 5.41) is 5.46. The molecule has 21 heteroatoms. The third-order valence-electron chi connectivity index (χ3n) is 15.9. The van der Waals surface area contributed by atoms with E-state index >= 15 is 4.39 Å². The highest BCUT2D eigenvalue weighted by atomic mass is 32.1. The van der Waals surface area contributed by atoms with Gasteiger partial charge in [-0.05, 0) is 144 Å². The number of likely N-dealkylation sites (tertiary alicyclic amines) is 2.